The van der Waals surface area contributed by atoms with E-state index in [1.807, 2.05) is 18.2 Å². The molecule has 2 aromatic rings. The Bertz CT molecular complexity index is 741. The Morgan fingerprint density at radius 3 is 2.83 bits per heavy atom. The van der Waals surface area contributed by atoms with Crippen molar-refractivity contribution in [2.45, 2.75) is 50.8 Å². The van der Waals surface area contributed by atoms with Gasteiger partial charge in [0.05, 0.1) is 11.8 Å². The fraction of sp³-hybridized carbons (Fsp3) is 0.500. The lowest BCUT2D eigenvalue weighted by Crippen LogP contribution is -2.43. The molecule has 0 aliphatic heterocycles. The van der Waals surface area contributed by atoms with E-state index in [4.69, 9.17) is 4.74 Å². The van der Waals surface area contributed by atoms with E-state index in [2.05, 4.69) is 10.3 Å². The summed E-state index contributed by atoms with van der Waals surface area (Å²) in [6, 6.07) is 5.87. The Labute approximate surface area is 134 Å². The zero-order valence-corrected chi connectivity index (χ0v) is 13.2. The van der Waals surface area contributed by atoms with Crippen molar-refractivity contribution in [2.75, 3.05) is 5.32 Å². The Hall–Kier alpha value is -2.04. The van der Waals surface area contributed by atoms with Crippen molar-refractivity contribution in [1.29, 1.82) is 0 Å². The highest BCUT2D eigenvalue weighted by Gasteiger charge is 2.44. The number of H-pyrrole nitrogens is 1. The number of amides is 1. The smallest absolute Gasteiger partial charge is 0.227 e. The van der Waals surface area contributed by atoms with Crippen molar-refractivity contribution in [3.63, 3.8) is 0 Å². The number of rotatable bonds is 4. The molecular formula is C18H21FN2O2. The average molecular weight is 316 g/mol. The fourth-order valence-electron chi connectivity index (χ4n) is 3.35. The van der Waals surface area contributed by atoms with Gasteiger partial charge in [0.25, 0.3) is 0 Å². The molecule has 0 saturated heterocycles. The number of aromatic nitrogens is 1. The molecular weight excluding hydrogens is 295 g/mol. The summed E-state index contributed by atoms with van der Waals surface area (Å²) >= 11 is 0. The van der Waals surface area contributed by atoms with Gasteiger partial charge in [0.1, 0.15) is 11.4 Å². The molecule has 1 aromatic carbocycles. The highest BCUT2D eigenvalue weighted by molar-refractivity contribution is 6.03. The zero-order valence-electron chi connectivity index (χ0n) is 13.2. The molecule has 0 bridgehead atoms. The number of hydrogen-bond acceptors (Lipinski definition) is 2. The van der Waals surface area contributed by atoms with Crippen LogP contribution in [-0.2, 0) is 4.79 Å². The number of halogens is 1. The number of anilines is 1. The molecule has 5 heteroatoms. The molecule has 4 rings (SSSR count). The van der Waals surface area contributed by atoms with Crippen LogP contribution in [-0.4, -0.2) is 22.7 Å². The first-order chi connectivity index (χ1) is 11.0. The van der Waals surface area contributed by atoms with E-state index in [-0.39, 0.29) is 11.8 Å². The number of benzene rings is 1. The van der Waals surface area contributed by atoms with Gasteiger partial charge in [-0.15, -0.1) is 0 Å². The minimum atomic E-state index is -1.19. The van der Waals surface area contributed by atoms with Crippen molar-refractivity contribution >= 4 is 22.5 Å². The molecule has 122 valence electrons. The summed E-state index contributed by atoms with van der Waals surface area (Å²) in [6.45, 7) is 1.55. The SMILES string of the molecule is CC1(F)CC(C(=O)Nc2c[nH]c3ccc(OC4CCC4)cc23)C1. The van der Waals surface area contributed by atoms with Gasteiger partial charge in [-0.25, -0.2) is 4.39 Å². The first-order valence-electron chi connectivity index (χ1n) is 8.28. The van der Waals surface area contributed by atoms with Crippen LogP contribution in [0.1, 0.15) is 39.0 Å². The highest BCUT2D eigenvalue weighted by Crippen LogP contribution is 2.41. The lowest BCUT2D eigenvalue weighted by Gasteiger charge is -2.37. The Morgan fingerprint density at radius 1 is 1.39 bits per heavy atom. The first kappa shape index (κ1) is 14.5. The number of carbonyl (C=O) groups excluding carboxylic acids is 1. The molecule has 0 radical (unpaired) electrons. The second-order valence-electron chi connectivity index (χ2n) is 7.09. The lowest BCUT2D eigenvalue weighted by molar-refractivity contribution is -0.127. The molecule has 1 heterocycles. The minimum absolute atomic E-state index is 0.105. The summed E-state index contributed by atoms with van der Waals surface area (Å²) in [6.07, 6.45) is 6.16. The number of alkyl halides is 1. The maximum absolute atomic E-state index is 13.6. The quantitative estimate of drug-likeness (QED) is 0.889. The van der Waals surface area contributed by atoms with Crippen LogP contribution in [0.5, 0.6) is 5.75 Å². The molecule has 1 aromatic heterocycles. The molecule has 2 fully saturated rings. The van der Waals surface area contributed by atoms with Crippen molar-refractivity contribution in [3.8, 4) is 5.75 Å². The third-order valence-electron chi connectivity index (χ3n) is 4.98. The predicted molar refractivity (Wildman–Crippen MR) is 87.4 cm³/mol. The van der Waals surface area contributed by atoms with Gasteiger partial charge in [-0.3, -0.25) is 4.79 Å². The van der Waals surface area contributed by atoms with Crippen molar-refractivity contribution in [1.82, 2.24) is 4.98 Å². The van der Waals surface area contributed by atoms with Crippen LogP contribution < -0.4 is 10.1 Å². The van der Waals surface area contributed by atoms with Crippen LogP contribution in [0, 0.1) is 5.92 Å². The molecule has 0 atom stereocenters. The number of fused-ring (bicyclic) bond motifs is 1. The summed E-state index contributed by atoms with van der Waals surface area (Å²) in [5.41, 5.74) is 0.494. The molecule has 0 unspecified atom stereocenters. The van der Waals surface area contributed by atoms with Crippen LogP contribution in [0.3, 0.4) is 0 Å². The number of nitrogens with one attached hydrogen (secondary N) is 2. The van der Waals surface area contributed by atoms with Crippen molar-refractivity contribution in [3.05, 3.63) is 24.4 Å². The van der Waals surface area contributed by atoms with E-state index < -0.39 is 5.67 Å². The van der Waals surface area contributed by atoms with Crippen molar-refractivity contribution in [2.24, 2.45) is 5.92 Å². The van der Waals surface area contributed by atoms with E-state index in [1.54, 1.807) is 13.1 Å². The van der Waals surface area contributed by atoms with Gasteiger partial charge in [0.15, 0.2) is 0 Å². The number of aromatic amines is 1. The zero-order chi connectivity index (χ0) is 16.0. The molecule has 1 amide bonds. The van der Waals surface area contributed by atoms with Crippen LogP contribution in [0.4, 0.5) is 10.1 Å². The number of carbonyl (C=O) groups is 1. The van der Waals surface area contributed by atoms with Gasteiger partial charge in [0, 0.05) is 23.0 Å². The number of ether oxygens (including phenoxy) is 1. The molecule has 4 nitrogen and oxygen atoms in total. The van der Waals surface area contributed by atoms with Crippen LogP contribution in [0.2, 0.25) is 0 Å². The maximum Gasteiger partial charge on any atom is 0.227 e. The van der Waals surface area contributed by atoms with E-state index in [0.717, 1.165) is 35.2 Å². The second kappa shape index (κ2) is 5.25. The van der Waals surface area contributed by atoms with E-state index in [1.165, 1.54) is 6.42 Å². The fourth-order valence-corrected chi connectivity index (χ4v) is 3.35. The molecule has 2 N–H and O–H groups in total. The molecule has 2 aliphatic rings. The lowest BCUT2D eigenvalue weighted by atomic mass is 9.73. The van der Waals surface area contributed by atoms with Crippen LogP contribution in [0.15, 0.2) is 24.4 Å². The Kier molecular flexibility index (Phi) is 3.32. The Morgan fingerprint density at radius 2 is 2.17 bits per heavy atom. The summed E-state index contributed by atoms with van der Waals surface area (Å²) in [5, 5.41) is 3.85. The van der Waals surface area contributed by atoms with Gasteiger partial charge in [0.2, 0.25) is 5.91 Å². The third kappa shape index (κ3) is 2.80. The average Bonchev–Trinajstić information content (AvgIpc) is 2.83. The van der Waals surface area contributed by atoms with Gasteiger partial charge in [-0.05, 0) is 57.2 Å². The highest BCUT2D eigenvalue weighted by atomic mass is 19.1. The normalized spacial score (nSPS) is 27.3. The van der Waals surface area contributed by atoms with E-state index in [9.17, 15) is 9.18 Å². The molecule has 23 heavy (non-hydrogen) atoms. The monoisotopic (exact) mass is 316 g/mol. The summed E-state index contributed by atoms with van der Waals surface area (Å²) in [5.74, 6) is 0.493. The van der Waals surface area contributed by atoms with Gasteiger partial charge in [-0.2, -0.15) is 0 Å². The summed E-state index contributed by atoms with van der Waals surface area (Å²) < 4.78 is 19.5. The molecule has 2 saturated carbocycles. The molecule has 2 aliphatic carbocycles. The summed E-state index contributed by atoms with van der Waals surface area (Å²) in [4.78, 5) is 15.4. The van der Waals surface area contributed by atoms with Crippen molar-refractivity contribution < 1.29 is 13.9 Å². The molecule has 0 spiro atoms. The van der Waals surface area contributed by atoms with E-state index in [0.29, 0.717) is 18.9 Å². The Balaban J connectivity index is 1.50. The van der Waals surface area contributed by atoms with Crippen LogP contribution in [0.25, 0.3) is 10.9 Å². The number of hydrogen-bond donors (Lipinski definition) is 2. The third-order valence-corrected chi connectivity index (χ3v) is 4.98. The standard InChI is InChI=1S/C18H21FN2O2/c1-18(19)8-11(9-18)17(22)21-16-10-20-15-6-5-13(7-14(15)16)23-12-3-2-4-12/h5-7,10-12,20H,2-4,8-9H2,1H3,(H,21,22). The minimum Gasteiger partial charge on any atom is -0.490 e. The van der Waals surface area contributed by atoms with Crippen LogP contribution >= 0.6 is 0 Å². The van der Waals surface area contributed by atoms with E-state index >= 15 is 0 Å². The predicted octanol–water partition coefficient (Wildman–Crippen LogP) is 4.18. The maximum atomic E-state index is 13.6. The second-order valence-corrected chi connectivity index (χ2v) is 7.09. The first-order valence-corrected chi connectivity index (χ1v) is 8.28. The topological polar surface area (TPSA) is 54.1 Å². The van der Waals surface area contributed by atoms with Gasteiger partial charge < -0.3 is 15.0 Å². The van der Waals surface area contributed by atoms with Gasteiger partial charge in [-0.1, -0.05) is 0 Å². The van der Waals surface area contributed by atoms with Gasteiger partial charge >= 0.3 is 0 Å². The largest absolute Gasteiger partial charge is 0.490 e. The summed E-state index contributed by atoms with van der Waals surface area (Å²) in [7, 11) is 0.